The molecule has 4 rings (SSSR count). The van der Waals surface area contributed by atoms with Gasteiger partial charge >= 0.3 is 0 Å². The molecule has 4 atom stereocenters. The van der Waals surface area contributed by atoms with Gasteiger partial charge in [-0.15, -0.1) is 0 Å². The zero-order valence-corrected chi connectivity index (χ0v) is 10.6. The Bertz CT molecular complexity index is 438. The van der Waals surface area contributed by atoms with Crippen molar-refractivity contribution in [1.82, 2.24) is 10.1 Å². The molecule has 3 fully saturated rings. The van der Waals surface area contributed by atoms with E-state index in [1.165, 1.54) is 32.1 Å². The summed E-state index contributed by atoms with van der Waals surface area (Å²) in [6.45, 7) is 2.11. The van der Waals surface area contributed by atoms with E-state index in [1.807, 2.05) is 0 Å². The van der Waals surface area contributed by atoms with Crippen LogP contribution in [-0.2, 0) is 0 Å². The van der Waals surface area contributed by atoms with Crippen LogP contribution in [0.25, 0.3) is 0 Å². The minimum absolute atomic E-state index is 0.232. The monoisotopic (exact) mass is 248 g/mol. The summed E-state index contributed by atoms with van der Waals surface area (Å²) in [6, 6.07) is 0.232. The maximum atomic E-state index is 6.32. The fourth-order valence-electron chi connectivity index (χ4n) is 4.11. The first-order chi connectivity index (χ1) is 8.83. The van der Waals surface area contributed by atoms with E-state index < -0.39 is 0 Å². The fourth-order valence-corrected chi connectivity index (χ4v) is 4.11. The molecule has 0 amide bonds. The van der Waals surface area contributed by atoms with Gasteiger partial charge in [0, 0.05) is 19.1 Å². The molecule has 3 aliphatic rings. The predicted octanol–water partition coefficient (Wildman–Crippen LogP) is 1.51. The summed E-state index contributed by atoms with van der Waals surface area (Å²) in [5.74, 6) is 3.24. The molecular formula is C13H20N4O. The summed E-state index contributed by atoms with van der Waals surface area (Å²) in [6.07, 6.45) is 6.29. The van der Waals surface area contributed by atoms with Crippen LogP contribution >= 0.6 is 0 Å². The molecule has 2 saturated carbocycles. The molecule has 1 aromatic heterocycles. The van der Waals surface area contributed by atoms with E-state index in [1.54, 1.807) is 0 Å². The van der Waals surface area contributed by atoms with Gasteiger partial charge in [0.1, 0.15) is 0 Å². The van der Waals surface area contributed by atoms with Gasteiger partial charge in [0.2, 0.25) is 5.89 Å². The second-order valence-corrected chi connectivity index (χ2v) is 6.06. The first kappa shape index (κ1) is 10.8. The Morgan fingerprint density at radius 1 is 1.17 bits per heavy atom. The molecule has 0 aromatic carbocycles. The Balaban J connectivity index is 1.58. The molecule has 4 unspecified atom stereocenters. The lowest BCUT2D eigenvalue weighted by molar-refractivity contribution is 0.279. The van der Waals surface area contributed by atoms with E-state index in [4.69, 9.17) is 10.3 Å². The summed E-state index contributed by atoms with van der Waals surface area (Å²) >= 11 is 0. The van der Waals surface area contributed by atoms with E-state index >= 15 is 0 Å². The lowest BCUT2D eigenvalue weighted by atomic mass is 9.85. The van der Waals surface area contributed by atoms with Gasteiger partial charge in [-0.1, -0.05) is 0 Å². The Kier molecular flexibility index (Phi) is 2.37. The van der Waals surface area contributed by atoms with Gasteiger partial charge in [-0.05, 0) is 49.1 Å². The summed E-state index contributed by atoms with van der Waals surface area (Å²) < 4.78 is 5.50. The molecule has 1 saturated heterocycles. The first-order valence-corrected chi connectivity index (χ1v) is 7.17. The number of rotatable bonds is 2. The standard InChI is InChI=1S/C13H20N4O/c14-11-9-4-3-8(7-9)10(11)12-15-13(16-18-12)17-5-1-2-6-17/h8-11H,1-7,14H2. The zero-order chi connectivity index (χ0) is 12.1. The lowest BCUT2D eigenvalue weighted by Crippen LogP contribution is -2.34. The van der Waals surface area contributed by atoms with Crippen LogP contribution in [0, 0.1) is 11.8 Å². The van der Waals surface area contributed by atoms with Crippen LogP contribution in [0.5, 0.6) is 0 Å². The number of hydrogen-bond donors (Lipinski definition) is 1. The number of anilines is 1. The second-order valence-electron chi connectivity index (χ2n) is 6.06. The van der Waals surface area contributed by atoms with Crippen molar-refractivity contribution < 1.29 is 4.52 Å². The van der Waals surface area contributed by atoms with Gasteiger partial charge in [0.15, 0.2) is 0 Å². The number of hydrogen-bond acceptors (Lipinski definition) is 5. The summed E-state index contributed by atoms with van der Waals surface area (Å²) in [7, 11) is 0. The minimum atomic E-state index is 0.232. The molecule has 2 N–H and O–H groups in total. The quantitative estimate of drug-likeness (QED) is 0.859. The number of nitrogens with zero attached hydrogens (tertiary/aromatic N) is 3. The van der Waals surface area contributed by atoms with Crippen molar-refractivity contribution in [2.75, 3.05) is 18.0 Å². The molecule has 0 spiro atoms. The zero-order valence-electron chi connectivity index (χ0n) is 10.6. The van der Waals surface area contributed by atoms with E-state index in [0.717, 1.165) is 24.9 Å². The van der Waals surface area contributed by atoms with Gasteiger partial charge < -0.3 is 15.2 Å². The lowest BCUT2D eigenvalue weighted by Gasteiger charge is -2.24. The van der Waals surface area contributed by atoms with E-state index in [0.29, 0.717) is 17.8 Å². The molecule has 5 heteroatoms. The van der Waals surface area contributed by atoms with Gasteiger partial charge in [0.05, 0.1) is 5.92 Å². The molecule has 1 aliphatic heterocycles. The third-order valence-corrected chi connectivity index (χ3v) is 5.09. The van der Waals surface area contributed by atoms with E-state index in [9.17, 15) is 0 Å². The number of aromatic nitrogens is 2. The normalized spacial score (nSPS) is 38.8. The molecule has 2 bridgehead atoms. The number of fused-ring (bicyclic) bond motifs is 2. The van der Waals surface area contributed by atoms with Crippen LogP contribution < -0.4 is 10.6 Å². The van der Waals surface area contributed by atoms with Crippen LogP contribution in [0.3, 0.4) is 0 Å². The van der Waals surface area contributed by atoms with Crippen LogP contribution in [0.1, 0.15) is 43.9 Å². The molecule has 18 heavy (non-hydrogen) atoms. The smallest absolute Gasteiger partial charge is 0.266 e. The third kappa shape index (κ3) is 1.49. The molecule has 0 radical (unpaired) electrons. The highest BCUT2D eigenvalue weighted by Gasteiger charge is 2.49. The van der Waals surface area contributed by atoms with Crippen molar-refractivity contribution in [3.63, 3.8) is 0 Å². The average molecular weight is 248 g/mol. The maximum Gasteiger partial charge on any atom is 0.266 e. The molecule has 2 aliphatic carbocycles. The Morgan fingerprint density at radius 2 is 1.94 bits per heavy atom. The highest BCUT2D eigenvalue weighted by atomic mass is 16.5. The van der Waals surface area contributed by atoms with Crippen LogP contribution in [0.2, 0.25) is 0 Å². The van der Waals surface area contributed by atoms with Crippen molar-refractivity contribution in [3.8, 4) is 0 Å². The van der Waals surface area contributed by atoms with Crippen molar-refractivity contribution in [1.29, 1.82) is 0 Å². The fraction of sp³-hybridized carbons (Fsp3) is 0.846. The van der Waals surface area contributed by atoms with Gasteiger partial charge in [0.25, 0.3) is 5.95 Å². The van der Waals surface area contributed by atoms with Crippen LogP contribution in [0.15, 0.2) is 4.52 Å². The minimum Gasteiger partial charge on any atom is -0.338 e. The highest BCUT2D eigenvalue weighted by molar-refractivity contribution is 5.30. The summed E-state index contributed by atoms with van der Waals surface area (Å²) in [4.78, 5) is 6.83. The van der Waals surface area contributed by atoms with E-state index in [2.05, 4.69) is 15.0 Å². The summed E-state index contributed by atoms with van der Waals surface area (Å²) in [5, 5.41) is 4.15. The topological polar surface area (TPSA) is 68.2 Å². The Hall–Kier alpha value is -1.10. The Labute approximate surface area is 107 Å². The van der Waals surface area contributed by atoms with Crippen LogP contribution in [0.4, 0.5) is 5.95 Å². The van der Waals surface area contributed by atoms with Crippen molar-refractivity contribution in [2.45, 2.75) is 44.1 Å². The predicted molar refractivity (Wildman–Crippen MR) is 67.3 cm³/mol. The SMILES string of the molecule is NC1C2CCC(C2)C1c1nc(N2CCCC2)no1. The second kappa shape index (κ2) is 3.95. The number of nitrogens with two attached hydrogens (primary N) is 1. The van der Waals surface area contributed by atoms with E-state index in [-0.39, 0.29) is 6.04 Å². The first-order valence-electron chi connectivity index (χ1n) is 7.17. The van der Waals surface area contributed by atoms with Gasteiger partial charge in [-0.2, -0.15) is 4.98 Å². The van der Waals surface area contributed by atoms with Gasteiger partial charge in [-0.3, -0.25) is 0 Å². The molecule has 98 valence electrons. The molecule has 1 aromatic rings. The third-order valence-electron chi connectivity index (χ3n) is 5.09. The molecular weight excluding hydrogens is 228 g/mol. The molecule has 5 nitrogen and oxygen atoms in total. The van der Waals surface area contributed by atoms with Crippen molar-refractivity contribution in [3.05, 3.63) is 5.89 Å². The summed E-state index contributed by atoms with van der Waals surface area (Å²) in [5.41, 5.74) is 6.32. The largest absolute Gasteiger partial charge is 0.338 e. The average Bonchev–Trinajstić information content (AvgIpc) is 3.13. The van der Waals surface area contributed by atoms with Crippen LogP contribution in [-0.4, -0.2) is 29.3 Å². The molecule has 2 heterocycles. The maximum absolute atomic E-state index is 6.32. The van der Waals surface area contributed by atoms with Gasteiger partial charge in [-0.25, -0.2) is 0 Å². The van der Waals surface area contributed by atoms with Crippen molar-refractivity contribution >= 4 is 5.95 Å². The van der Waals surface area contributed by atoms with Crippen molar-refractivity contribution in [2.24, 2.45) is 17.6 Å². The Morgan fingerprint density at radius 3 is 2.67 bits per heavy atom. The highest BCUT2D eigenvalue weighted by Crippen LogP contribution is 2.51.